The van der Waals surface area contributed by atoms with Crippen molar-refractivity contribution >= 4 is 5.69 Å². The van der Waals surface area contributed by atoms with Crippen molar-refractivity contribution in [2.24, 2.45) is 5.92 Å². The number of hydrogen-bond donors (Lipinski definition) is 1. The van der Waals surface area contributed by atoms with E-state index in [2.05, 4.69) is 50.4 Å². The molecule has 1 aromatic rings. The molecule has 13 heavy (non-hydrogen) atoms. The number of anilines is 1. The van der Waals surface area contributed by atoms with Crippen molar-refractivity contribution in [3.63, 3.8) is 0 Å². The Balaban J connectivity index is 0.000000184. The Morgan fingerprint density at radius 1 is 1.15 bits per heavy atom. The van der Waals surface area contributed by atoms with E-state index in [1.807, 2.05) is 0 Å². The second-order valence-corrected chi connectivity index (χ2v) is 4.07. The Labute approximate surface area is 81.2 Å². The van der Waals surface area contributed by atoms with Gasteiger partial charge in [0.05, 0.1) is 0 Å². The smallest absolute Gasteiger partial charge is 0.0373 e. The molecule has 0 bridgehead atoms. The fourth-order valence-electron chi connectivity index (χ4n) is 1.24. The minimum absolute atomic E-state index is 0.833. The van der Waals surface area contributed by atoms with Crippen LogP contribution in [0.3, 0.4) is 0 Å². The Morgan fingerprint density at radius 3 is 2.38 bits per heavy atom. The van der Waals surface area contributed by atoms with Gasteiger partial charge in [-0.15, -0.1) is 0 Å². The Morgan fingerprint density at radius 2 is 1.77 bits per heavy atom. The van der Waals surface area contributed by atoms with Gasteiger partial charge in [-0.2, -0.15) is 0 Å². The summed E-state index contributed by atoms with van der Waals surface area (Å²) in [5, 5.41) is 3.30. The van der Waals surface area contributed by atoms with Crippen LogP contribution < -0.4 is 5.32 Å². The Bertz CT molecular complexity index is 227. The lowest BCUT2D eigenvalue weighted by Gasteiger charge is -1.94. The summed E-state index contributed by atoms with van der Waals surface area (Å²) < 4.78 is 0. The first-order valence-electron chi connectivity index (χ1n) is 5.02. The summed E-state index contributed by atoms with van der Waals surface area (Å²) in [5.41, 5.74) is 2.77. The van der Waals surface area contributed by atoms with E-state index in [1.54, 1.807) is 0 Å². The van der Waals surface area contributed by atoms with Gasteiger partial charge in [0.25, 0.3) is 0 Å². The lowest BCUT2D eigenvalue weighted by atomic mass is 10.2. The summed E-state index contributed by atoms with van der Waals surface area (Å²) in [7, 11) is 0. The maximum atomic E-state index is 3.30. The van der Waals surface area contributed by atoms with Crippen molar-refractivity contribution in [3.05, 3.63) is 29.8 Å². The molecule has 0 saturated heterocycles. The average molecular weight is 177 g/mol. The summed E-state index contributed by atoms with van der Waals surface area (Å²) >= 11 is 0. The Kier molecular flexibility index (Phi) is 3.81. The van der Waals surface area contributed by atoms with Crippen molar-refractivity contribution in [1.29, 1.82) is 0 Å². The number of rotatable bonds is 0. The van der Waals surface area contributed by atoms with Gasteiger partial charge >= 0.3 is 0 Å². The molecule has 1 N–H and O–H groups in total. The molecule has 1 heteroatoms. The minimum Gasteiger partial charge on any atom is -0.384 e. The number of benzene rings is 1. The van der Waals surface area contributed by atoms with E-state index in [0.717, 1.165) is 12.5 Å². The summed E-state index contributed by atoms with van der Waals surface area (Å²) in [5.74, 6) is 0.833. The lowest BCUT2D eigenvalue weighted by molar-refractivity contribution is 0.737. The molecule has 0 spiro atoms. The molecular formula is C12H19N. The molecule has 0 aromatic heterocycles. The third-order valence-electron chi connectivity index (χ3n) is 1.73. The summed E-state index contributed by atoms with van der Waals surface area (Å²) in [4.78, 5) is 0. The Hall–Kier alpha value is -0.980. The fraction of sp³-hybridized carbons (Fsp3) is 0.500. The van der Waals surface area contributed by atoms with Gasteiger partial charge in [0.15, 0.2) is 0 Å². The van der Waals surface area contributed by atoms with E-state index in [0.29, 0.717) is 0 Å². The van der Waals surface area contributed by atoms with Gasteiger partial charge in [-0.05, 0) is 24.0 Å². The van der Waals surface area contributed by atoms with Gasteiger partial charge in [0, 0.05) is 12.2 Å². The van der Waals surface area contributed by atoms with E-state index < -0.39 is 0 Å². The van der Waals surface area contributed by atoms with Crippen LogP contribution in [-0.4, -0.2) is 6.54 Å². The van der Waals surface area contributed by atoms with Crippen LogP contribution in [0.4, 0.5) is 5.69 Å². The molecule has 0 fully saturated rings. The highest BCUT2D eigenvalue weighted by atomic mass is 14.9. The van der Waals surface area contributed by atoms with E-state index in [4.69, 9.17) is 0 Å². The first-order chi connectivity index (χ1) is 6.20. The van der Waals surface area contributed by atoms with Crippen molar-refractivity contribution < 1.29 is 0 Å². The van der Waals surface area contributed by atoms with E-state index >= 15 is 0 Å². The van der Waals surface area contributed by atoms with Crippen LogP contribution in [0, 0.1) is 5.92 Å². The van der Waals surface area contributed by atoms with Crippen LogP contribution in [0.25, 0.3) is 0 Å². The highest BCUT2D eigenvalue weighted by Crippen LogP contribution is 2.19. The van der Waals surface area contributed by atoms with Crippen molar-refractivity contribution in [2.75, 3.05) is 11.9 Å². The predicted molar refractivity (Wildman–Crippen MR) is 59.1 cm³/mol. The van der Waals surface area contributed by atoms with Gasteiger partial charge in [-0.3, -0.25) is 0 Å². The molecular weight excluding hydrogens is 158 g/mol. The third kappa shape index (κ3) is 3.49. The molecule has 1 aliphatic rings. The van der Waals surface area contributed by atoms with Crippen molar-refractivity contribution in [2.45, 2.75) is 27.2 Å². The van der Waals surface area contributed by atoms with Gasteiger partial charge in [-0.1, -0.05) is 39.0 Å². The quantitative estimate of drug-likeness (QED) is 0.641. The minimum atomic E-state index is 0.833. The molecule has 2 rings (SSSR count). The maximum absolute atomic E-state index is 3.30. The van der Waals surface area contributed by atoms with Crippen LogP contribution in [0.1, 0.15) is 26.3 Å². The molecule has 0 atom stereocenters. The van der Waals surface area contributed by atoms with Gasteiger partial charge in [0.2, 0.25) is 0 Å². The molecule has 1 nitrogen and oxygen atoms in total. The molecule has 0 aliphatic carbocycles. The molecule has 0 saturated carbocycles. The third-order valence-corrected chi connectivity index (χ3v) is 1.73. The number of fused-ring (bicyclic) bond motifs is 1. The zero-order valence-corrected chi connectivity index (χ0v) is 8.80. The second-order valence-electron chi connectivity index (χ2n) is 4.07. The molecule has 1 aromatic carbocycles. The SMILES string of the molecule is CC(C)C.c1ccc2c(c1)CCN2. The standard InChI is InChI=1S/C8H9N.C4H10/c1-2-4-8-7(3-1)5-6-9-8;1-4(2)3/h1-4,9H,5-6H2;4H,1-3H3. The zero-order chi connectivity index (χ0) is 9.68. The largest absolute Gasteiger partial charge is 0.384 e. The van der Waals surface area contributed by atoms with E-state index in [9.17, 15) is 0 Å². The molecule has 0 unspecified atom stereocenters. The molecule has 1 heterocycles. The van der Waals surface area contributed by atoms with E-state index in [1.165, 1.54) is 17.7 Å². The fourth-order valence-corrected chi connectivity index (χ4v) is 1.24. The van der Waals surface area contributed by atoms with Gasteiger partial charge < -0.3 is 5.32 Å². The molecule has 0 amide bonds. The number of para-hydroxylation sites is 1. The summed E-state index contributed by atoms with van der Waals surface area (Å²) in [6, 6.07) is 8.46. The monoisotopic (exact) mass is 177 g/mol. The van der Waals surface area contributed by atoms with Crippen molar-refractivity contribution in [1.82, 2.24) is 0 Å². The van der Waals surface area contributed by atoms with Crippen LogP contribution in [-0.2, 0) is 6.42 Å². The van der Waals surface area contributed by atoms with Crippen LogP contribution in [0.5, 0.6) is 0 Å². The number of nitrogens with one attached hydrogen (secondary N) is 1. The second kappa shape index (κ2) is 4.90. The zero-order valence-electron chi connectivity index (χ0n) is 8.80. The maximum Gasteiger partial charge on any atom is 0.0373 e. The van der Waals surface area contributed by atoms with E-state index in [-0.39, 0.29) is 0 Å². The highest BCUT2D eigenvalue weighted by Gasteiger charge is 2.05. The summed E-state index contributed by atoms with van der Waals surface area (Å²) in [6.45, 7) is 7.61. The lowest BCUT2D eigenvalue weighted by Crippen LogP contribution is -1.90. The average Bonchev–Trinajstić information content (AvgIpc) is 2.49. The van der Waals surface area contributed by atoms with Crippen molar-refractivity contribution in [3.8, 4) is 0 Å². The molecule has 1 aliphatic heterocycles. The van der Waals surface area contributed by atoms with Crippen LogP contribution in [0.2, 0.25) is 0 Å². The van der Waals surface area contributed by atoms with Crippen LogP contribution in [0.15, 0.2) is 24.3 Å². The summed E-state index contributed by atoms with van der Waals surface area (Å²) in [6.07, 6.45) is 1.19. The van der Waals surface area contributed by atoms with Crippen LogP contribution >= 0.6 is 0 Å². The normalized spacial score (nSPS) is 12.9. The van der Waals surface area contributed by atoms with Gasteiger partial charge in [-0.25, -0.2) is 0 Å². The first-order valence-corrected chi connectivity index (χ1v) is 5.02. The predicted octanol–water partition coefficient (Wildman–Crippen LogP) is 3.32. The number of hydrogen-bond acceptors (Lipinski definition) is 1. The molecule has 0 radical (unpaired) electrons. The topological polar surface area (TPSA) is 12.0 Å². The molecule has 72 valence electrons. The highest BCUT2D eigenvalue weighted by molar-refractivity contribution is 5.54. The first kappa shape index (κ1) is 10.1. The van der Waals surface area contributed by atoms with Gasteiger partial charge in [0.1, 0.15) is 0 Å².